The van der Waals surface area contributed by atoms with Crippen molar-refractivity contribution in [2.24, 2.45) is 0 Å². The molecule has 0 N–H and O–H groups in total. The molecule has 0 bridgehead atoms. The third-order valence-electron chi connectivity index (χ3n) is 3.47. The number of sulfonamides is 1. The molecule has 8 nitrogen and oxygen atoms in total. The van der Waals surface area contributed by atoms with Gasteiger partial charge in [0.1, 0.15) is 5.75 Å². The van der Waals surface area contributed by atoms with E-state index < -0.39 is 22.0 Å². The predicted octanol–water partition coefficient (Wildman–Crippen LogP) is 1.87. The standard InChI is InChI=1S/C17H17NO7S/c1-18(24-3)26(21,22)15-10-6-13(7-11-15)17(20)25-14-8-4-12(5-9-14)16(19)23-2/h4-11H,1-3H3. The number of nitrogens with zero attached hydrogens (tertiary/aromatic N) is 1. The molecule has 0 unspecified atom stereocenters. The van der Waals surface area contributed by atoms with Crippen molar-refractivity contribution in [1.82, 2.24) is 4.47 Å². The Bertz CT molecular complexity index is 890. The van der Waals surface area contributed by atoms with Gasteiger partial charge in [0.25, 0.3) is 10.0 Å². The Hall–Kier alpha value is -2.75. The Balaban J connectivity index is 2.12. The molecule has 2 rings (SSSR count). The molecule has 0 spiro atoms. The minimum Gasteiger partial charge on any atom is -0.465 e. The third-order valence-corrected chi connectivity index (χ3v) is 5.16. The van der Waals surface area contributed by atoms with Crippen molar-refractivity contribution in [3.63, 3.8) is 0 Å². The van der Waals surface area contributed by atoms with E-state index in [1.54, 1.807) is 0 Å². The van der Waals surface area contributed by atoms with Crippen LogP contribution in [0.3, 0.4) is 0 Å². The number of hydrogen-bond acceptors (Lipinski definition) is 7. The number of hydroxylamine groups is 1. The van der Waals surface area contributed by atoms with Gasteiger partial charge < -0.3 is 9.47 Å². The number of ether oxygens (including phenoxy) is 2. The molecule has 0 amide bonds. The Kier molecular flexibility index (Phi) is 6.09. The van der Waals surface area contributed by atoms with Crippen molar-refractivity contribution in [2.45, 2.75) is 4.90 Å². The smallest absolute Gasteiger partial charge is 0.343 e. The molecule has 0 saturated carbocycles. The van der Waals surface area contributed by atoms with Gasteiger partial charge in [-0.15, -0.1) is 0 Å². The summed E-state index contributed by atoms with van der Waals surface area (Å²) in [5.41, 5.74) is 0.491. The van der Waals surface area contributed by atoms with Crippen molar-refractivity contribution in [2.75, 3.05) is 21.3 Å². The fraction of sp³-hybridized carbons (Fsp3) is 0.176. The molecule has 0 aliphatic carbocycles. The van der Waals surface area contributed by atoms with Crippen LogP contribution in [0.5, 0.6) is 5.75 Å². The Labute approximate surface area is 150 Å². The molecule has 0 saturated heterocycles. The number of esters is 2. The predicted molar refractivity (Wildman–Crippen MR) is 91.1 cm³/mol. The van der Waals surface area contributed by atoms with Crippen molar-refractivity contribution < 1.29 is 32.3 Å². The molecule has 0 aromatic heterocycles. The maximum atomic E-state index is 12.1. The highest BCUT2D eigenvalue weighted by atomic mass is 32.2. The van der Waals surface area contributed by atoms with E-state index in [2.05, 4.69) is 9.57 Å². The third kappa shape index (κ3) is 4.26. The second kappa shape index (κ2) is 8.09. The number of rotatable bonds is 6. The summed E-state index contributed by atoms with van der Waals surface area (Å²) in [4.78, 5) is 28.2. The molecular formula is C17H17NO7S. The van der Waals surface area contributed by atoms with Gasteiger partial charge in [0, 0.05) is 7.05 Å². The Morgan fingerprint density at radius 3 is 1.85 bits per heavy atom. The van der Waals surface area contributed by atoms with Crippen molar-refractivity contribution in [3.05, 3.63) is 59.7 Å². The molecule has 0 aliphatic heterocycles. The number of carbonyl (C=O) groups excluding carboxylic acids is 2. The lowest BCUT2D eigenvalue weighted by Gasteiger charge is -2.14. The zero-order valence-corrected chi connectivity index (χ0v) is 15.1. The van der Waals surface area contributed by atoms with Gasteiger partial charge in [0.05, 0.1) is 30.2 Å². The van der Waals surface area contributed by atoms with Crippen LogP contribution in [0.4, 0.5) is 0 Å². The van der Waals surface area contributed by atoms with E-state index in [0.29, 0.717) is 10.0 Å². The quantitative estimate of drug-likeness (QED) is 0.429. The van der Waals surface area contributed by atoms with Crippen molar-refractivity contribution in [3.8, 4) is 5.75 Å². The van der Waals surface area contributed by atoms with Crippen LogP contribution in [0, 0.1) is 0 Å². The van der Waals surface area contributed by atoms with E-state index in [4.69, 9.17) is 4.74 Å². The molecule has 0 radical (unpaired) electrons. The summed E-state index contributed by atoms with van der Waals surface area (Å²) in [7, 11) is -0.0320. The SMILES string of the molecule is COC(=O)c1ccc(OC(=O)c2ccc(S(=O)(=O)N(C)OC)cc2)cc1. The minimum atomic E-state index is -3.79. The molecule has 138 valence electrons. The average Bonchev–Trinajstić information content (AvgIpc) is 2.67. The van der Waals surface area contributed by atoms with Crippen LogP contribution in [-0.2, 0) is 19.6 Å². The first kappa shape index (κ1) is 19.6. The normalized spacial score (nSPS) is 11.2. The summed E-state index contributed by atoms with van der Waals surface area (Å²) >= 11 is 0. The van der Waals surface area contributed by atoms with Crippen molar-refractivity contribution >= 4 is 22.0 Å². The molecule has 2 aromatic carbocycles. The van der Waals surface area contributed by atoms with E-state index in [9.17, 15) is 18.0 Å². The summed E-state index contributed by atoms with van der Waals surface area (Å²) in [5.74, 6) is -0.931. The van der Waals surface area contributed by atoms with Gasteiger partial charge in [-0.1, -0.05) is 4.47 Å². The van der Waals surface area contributed by atoms with Crippen LogP contribution in [0.1, 0.15) is 20.7 Å². The minimum absolute atomic E-state index is 0.0270. The monoisotopic (exact) mass is 379 g/mol. The summed E-state index contributed by atoms with van der Waals surface area (Å²) in [5, 5.41) is 0. The summed E-state index contributed by atoms with van der Waals surface area (Å²) in [6, 6.07) is 11.1. The maximum absolute atomic E-state index is 12.1. The first-order chi connectivity index (χ1) is 12.3. The molecule has 2 aromatic rings. The Morgan fingerprint density at radius 1 is 0.846 bits per heavy atom. The van der Waals surface area contributed by atoms with E-state index >= 15 is 0 Å². The number of benzene rings is 2. The first-order valence-corrected chi connectivity index (χ1v) is 8.77. The fourth-order valence-corrected chi connectivity index (χ4v) is 2.93. The van der Waals surface area contributed by atoms with E-state index in [0.717, 1.165) is 0 Å². The van der Waals surface area contributed by atoms with Crippen LogP contribution in [0.15, 0.2) is 53.4 Å². The zero-order chi connectivity index (χ0) is 19.3. The van der Waals surface area contributed by atoms with Crippen molar-refractivity contribution in [1.29, 1.82) is 0 Å². The second-order valence-electron chi connectivity index (χ2n) is 5.03. The molecule has 0 aliphatic rings. The Morgan fingerprint density at radius 2 is 1.35 bits per heavy atom. The highest BCUT2D eigenvalue weighted by Gasteiger charge is 2.21. The summed E-state index contributed by atoms with van der Waals surface area (Å²) in [6.07, 6.45) is 0. The van der Waals surface area contributed by atoms with Crippen LogP contribution >= 0.6 is 0 Å². The molecule has 0 atom stereocenters. The zero-order valence-electron chi connectivity index (χ0n) is 14.3. The topological polar surface area (TPSA) is 99.2 Å². The largest absolute Gasteiger partial charge is 0.465 e. The highest BCUT2D eigenvalue weighted by Crippen LogP contribution is 2.18. The number of methoxy groups -OCH3 is 1. The lowest BCUT2D eigenvalue weighted by Crippen LogP contribution is -2.25. The molecule has 0 heterocycles. The van der Waals surface area contributed by atoms with Crippen LogP contribution in [0.2, 0.25) is 0 Å². The van der Waals surface area contributed by atoms with Gasteiger partial charge in [-0.25, -0.2) is 18.0 Å². The average molecular weight is 379 g/mol. The van der Waals surface area contributed by atoms with Gasteiger partial charge in [-0.2, -0.15) is 0 Å². The van der Waals surface area contributed by atoms with Crippen LogP contribution in [-0.4, -0.2) is 46.1 Å². The number of carbonyl (C=O) groups is 2. The van der Waals surface area contributed by atoms with Crippen LogP contribution < -0.4 is 4.74 Å². The van der Waals surface area contributed by atoms with Gasteiger partial charge in [0.15, 0.2) is 0 Å². The van der Waals surface area contributed by atoms with Gasteiger partial charge in [-0.3, -0.25) is 4.84 Å². The molecule has 0 fully saturated rings. The molecule has 9 heteroatoms. The lowest BCUT2D eigenvalue weighted by atomic mass is 10.2. The fourth-order valence-electron chi connectivity index (χ4n) is 1.95. The first-order valence-electron chi connectivity index (χ1n) is 7.33. The van der Waals surface area contributed by atoms with Gasteiger partial charge in [0.2, 0.25) is 0 Å². The highest BCUT2D eigenvalue weighted by molar-refractivity contribution is 7.89. The maximum Gasteiger partial charge on any atom is 0.343 e. The van der Waals surface area contributed by atoms with Gasteiger partial charge >= 0.3 is 11.9 Å². The van der Waals surface area contributed by atoms with E-state index in [1.807, 2.05) is 0 Å². The summed E-state index contributed by atoms with van der Waals surface area (Å²) < 4.78 is 34.7. The molecular weight excluding hydrogens is 362 g/mol. The molecule has 26 heavy (non-hydrogen) atoms. The second-order valence-corrected chi connectivity index (χ2v) is 6.96. The van der Waals surface area contributed by atoms with Crippen LogP contribution in [0.25, 0.3) is 0 Å². The van der Waals surface area contributed by atoms with E-state index in [1.165, 1.54) is 69.8 Å². The lowest BCUT2D eigenvalue weighted by molar-refractivity contribution is -0.0258. The number of hydrogen-bond donors (Lipinski definition) is 0. The van der Waals surface area contributed by atoms with E-state index in [-0.39, 0.29) is 16.2 Å². The van der Waals surface area contributed by atoms with Gasteiger partial charge in [-0.05, 0) is 48.5 Å². The summed E-state index contributed by atoms with van der Waals surface area (Å²) in [6.45, 7) is 0.